The van der Waals surface area contributed by atoms with Crippen molar-refractivity contribution in [1.29, 1.82) is 0 Å². The van der Waals surface area contributed by atoms with Crippen LogP contribution in [0.4, 0.5) is 0 Å². The first kappa shape index (κ1) is 21.5. The maximum Gasteiger partial charge on any atom is 0.303 e. The summed E-state index contributed by atoms with van der Waals surface area (Å²) in [5.74, 6) is 0.477. The summed E-state index contributed by atoms with van der Waals surface area (Å²) in [4.78, 5) is 10.4. The van der Waals surface area contributed by atoms with E-state index in [1.165, 1.54) is 109 Å². The third-order valence-corrected chi connectivity index (χ3v) is 5.45. The smallest absolute Gasteiger partial charge is 0.303 e. The zero-order valence-corrected chi connectivity index (χ0v) is 16.1. The van der Waals surface area contributed by atoms with Crippen molar-refractivity contribution >= 4 is 5.97 Å². The van der Waals surface area contributed by atoms with Crippen molar-refractivity contribution < 1.29 is 9.90 Å². The third-order valence-electron chi connectivity index (χ3n) is 5.45. The van der Waals surface area contributed by atoms with E-state index in [1.807, 2.05) is 0 Å². The van der Waals surface area contributed by atoms with Gasteiger partial charge < -0.3 is 5.11 Å². The zero-order chi connectivity index (χ0) is 17.3. The van der Waals surface area contributed by atoms with Crippen LogP contribution in [-0.4, -0.2) is 11.1 Å². The molecule has 0 radical (unpaired) electrons. The number of hydrogen-bond acceptors (Lipinski definition) is 1. The lowest BCUT2D eigenvalue weighted by Crippen LogP contribution is -1.93. The van der Waals surface area contributed by atoms with Gasteiger partial charge in [0.1, 0.15) is 0 Å². The molecule has 0 spiro atoms. The second kappa shape index (κ2) is 16.0. The number of unbranched alkanes of at least 4 members (excludes halogenated alkanes) is 15. The van der Waals surface area contributed by atoms with Gasteiger partial charge in [-0.3, -0.25) is 4.79 Å². The highest BCUT2D eigenvalue weighted by molar-refractivity contribution is 5.66. The number of aliphatic carboxylic acids is 1. The van der Waals surface area contributed by atoms with Crippen LogP contribution >= 0.6 is 0 Å². The van der Waals surface area contributed by atoms with Gasteiger partial charge in [0.25, 0.3) is 0 Å². The number of hydrogen-bond donors (Lipinski definition) is 1. The maximum atomic E-state index is 10.4. The van der Waals surface area contributed by atoms with Crippen LogP contribution in [0.15, 0.2) is 0 Å². The van der Waals surface area contributed by atoms with Gasteiger partial charge in [-0.1, -0.05) is 116 Å². The molecule has 1 N–H and O–H groups in total. The number of carbonyl (C=O) groups is 1. The topological polar surface area (TPSA) is 37.3 Å². The van der Waals surface area contributed by atoms with Gasteiger partial charge in [-0.15, -0.1) is 0 Å². The Kier molecular flexibility index (Phi) is 14.3. The van der Waals surface area contributed by atoms with E-state index in [0.29, 0.717) is 6.42 Å². The fraction of sp³-hybridized carbons (Fsp3) is 0.955. The maximum absolute atomic E-state index is 10.4. The lowest BCUT2D eigenvalue weighted by molar-refractivity contribution is -0.137. The van der Waals surface area contributed by atoms with E-state index in [4.69, 9.17) is 5.11 Å². The van der Waals surface area contributed by atoms with Crippen LogP contribution in [0.3, 0.4) is 0 Å². The molecule has 1 saturated carbocycles. The summed E-state index contributed by atoms with van der Waals surface area (Å²) in [7, 11) is 0. The molecule has 1 fully saturated rings. The van der Waals surface area contributed by atoms with E-state index >= 15 is 0 Å². The lowest BCUT2D eigenvalue weighted by Gasteiger charge is -2.03. The molecular formula is C22H42O2. The Morgan fingerprint density at radius 2 is 0.917 bits per heavy atom. The molecule has 0 aromatic rings. The first-order chi connectivity index (χ1) is 11.8. The average molecular weight is 339 g/mol. The first-order valence-electron chi connectivity index (χ1n) is 11.0. The number of carboxylic acid groups (broad SMARTS) is 1. The van der Waals surface area contributed by atoms with E-state index in [2.05, 4.69) is 0 Å². The van der Waals surface area contributed by atoms with E-state index in [9.17, 15) is 4.79 Å². The summed E-state index contributed by atoms with van der Waals surface area (Å²) >= 11 is 0. The van der Waals surface area contributed by atoms with Crippen LogP contribution in [0.5, 0.6) is 0 Å². The molecule has 2 heteroatoms. The minimum Gasteiger partial charge on any atom is -0.481 e. The van der Waals surface area contributed by atoms with E-state index in [-0.39, 0.29) is 0 Å². The van der Waals surface area contributed by atoms with Crippen molar-refractivity contribution in [2.45, 2.75) is 128 Å². The molecule has 0 heterocycles. The van der Waals surface area contributed by atoms with E-state index < -0.39 is 5.97 Å². The van der Waals surface area contributed by atoms with Crippen molar-refractivity contribution in [2.24, 2.45) is 5.92 Å². The van der Waals surface area contributed by atoms with Crippen molar-refractivity contribution in [3.05, 3.63) is 0 Å². The average Bonchev–Trinajstić information content (AvgIpc) is 3.37. The normalized spacial score (nSPS) is 14.2. The number of carboxylic acids is 1. The van der Waals surface area contributed by atoms with Crippen LogP contribution in [0, 0.1) is 5.92 Å². The van der Waals surface area contributed by atoms with Gasteiger partial charge in [0.2, 0.25) is 0 Å². The Labute approximate surface area is 150 Å². The second-order valence-corrected chi connectivity index (χ2v) is 8.03. The first-order valence-corrected chi connectivity index (χ1v) is 11.0. The molecule has 0 amide bonds. The van der Waals surface area contributed by atoms with Crippen LogP contribution in [0.1, 0.15) is 128 Å². The Morgan fingerprint density at radius 1 is 0.583 bits per heavy atom. The summed E-state index contributed by atoms with van der Waals surface area (Å²) in [6, 6.07) is 0. The lowest BCUT2D eigenvalue weighted by atomic mass is 10.0. The van der Waals surface area contributed by atoms with Crippen molar-refractivity contribution in [3.8, 4) is 0 Å². The highest BCUT2D eigenvalue weighted by atomic mass is 16.4. The van der Waals surface area contributed by atoms with Gasteiger partial charge in [0, 0.05) is 6.42 Å². The van der Waals surface area contributed by atoms with Crippen molar-refractivity contribution in [1.82, 2.24) is 0 Å². The minimum atomic E-state index is -0.649. The van der Waals surface area contributed by atoms with E-state index in [0.717, 1.165) is 18.8 Å². The van der Waals surface area contributed by atoms with Crippen LogP contribution in [0.25, 0.3) is 0 Å². The number of rotatable bonds is 19. The van der Waals surface area contributed by atoms with Crippen LogP contribution < -0.4 is 0 Å². The van der Waals surface area contributed by atoms with Crippen LogP contribution in [0.2, 0.25) is 0 Å². The minimum absolute atomic E-state index is 0.348. The predicted octanol–water partition coefficient (Wildman–Crippen LogP) is 7.50. The Bertz CT molecular complexity index is 284. The summed E-state index contributed by atoms with van der Waals surface area (Å²) in [5, 5.41) is 8.56. The fourth-order valence-corrected chi connectivity index (χ4v) is 3.59. The predicted molar refractivity (Wildman–Crippen MR) is 103 cm³/mol. The van der Waals surface area contributed by atoms with Gasteiger partial charge in [-0.2, -0.15) is 0 Å². The fourth-order valence-electron chi connectivity index (χ4n) is 3.59. The molecule has 0 bridgehead atoms. The summed E-state index contributed by atoms with van der Waals surface area (Å²) in [5.41, 5.74) is 0. The van der Waals surface area contributed by atoms with Crippen molar-refractivity contribution in [3.63, 3.8) is 0 Å². The molecule has 0 unspecified atom stereocenters. The molecule has 0 aliphatic heterocycles. The van der Waals surface area contributed by atoms with Gasteiger partial charge >= 0.3 is 5.97 Å². The molecule has 1 aliphatic rings. The standard InChI is InChI=1S/C22H42O2/c23-22(24)18-16-14-12-10-8-6-4-2-1-3-5-7-9-11-13-15-17-21-19-20-21/h21H,1-20H2,(H,23,24). The summed E-state index contributed by atoms with van der Waals surface area (Å²) < 4.78 is 0. The van der Waals surface area contributed by atoms with Gasteiger partial charge in [-0.25, -0.2) is 0 Å². The van der Waals surface area contributed by atoms with Crippen molar-refractivity contribution in [2.75, 3.05) is 0 Å². The molecular weight excluding hydrogens is 296 g/mol. The molecule has 142 valence electrons. The Morgan fingerprint density at radius 3 is 1.25 bits per heavy atom. The van der Waals surface area contributed by atoms with E-state index in [1.54, 1.807) is 0 Å². The molecule has 1 aliphatic carbocycles. The Hall–Kier alpha value is -0.530. The SMILES string of the molecule is O=C(O)CCCCCCCCCCCCCCCCCCC1CC1. The quantitative estimate of drug-likeness (QED) is 0.247. The van der Waals surface area contributed by atoms with Gasteiger partial charge in [0.15, 0.2) is 0 Å². The second-order valence-electron chi connectivity index (χ2n) is 8.03. The molecule has 2 nitrogen and oxygen atoms in total. The summed E-state index contributed by atoms with van der Waals surface area (Å²) in [6.07, 6.45) is 26.6. The summed E-state index contributed by atoms with van der Waals surface area (Å²) in [6.45, 7) is 0. The van der Waals surface area contributed by atoms with Gasteiger partial charge in [0.05, 0.1) is 0 Å². The molecule has 0 saturated heterocycles. The highest BCUT2D eigenvalue weighted by Gasteiger charge is 2.19. The Balaban J connectivity index is 1.61. The van der Waals surface area contributed by atoms with Gasteiger partial charge in [-0.05, 0) is 12.3 Å². The molecule has 0 aromatic carbocycles. The molecule has 0 aromatic heterocycles. The zero-order valence-electron chi connectivity index (χ0n) is 16.1. The largest absolute Gasteiger partial charge is 0.481 e. The monoisotopic (exact) mass is 338 g/mol. The van der Waals surface area contributed by atoms with Crippen LogP contribution in [-0.2, 0) is 4.79 Å². The molecule has 0 atom stereocenters. The highest BCUT2D eigenvalue weighted by Crippen LogP contribution is 2.34. The molecule has 24 heavy (non-hydrogen) atoms. The molecule has 1 rings (SSSR count). The third kappa shape index (κ3) is 16.3.